The maximum Gasteiger partial charge on any atom is 0.242 e. The van der Waals surface area contributed by atoms with Crippen LogP contribution < -0.4 is 0 Å². The van der Waals surface area contributed by atoms with Gasteiger partial charge in [0.05, 0.1) is 11.5 Å². The number of hydrogen-bond acceptors (Lipinski definition) is 3. The maximum absolute atomic E-state index is 12.7. The number of methoxy groups -OCH3 is 1. The predicted molar refractivity (Wildman–Crippen MR) is 91.9 cm³/mol. The lowest BCUT2D eigenvalue weighted by Gasteiger charge is -2.33. The molecule has 0 aliphatic carbocycles. The molecule has 0 N–H and O–H groups in total. The zero-order chi connectivity index (χ0) is 16.9. The number of sulfonamides is 1. The number of hydrogen-bond donors (Lipinski definition) is 0. The first-order valence-corrected chi connectivity index (χ1v) is 8.90. The van der Waals surface area contributed by atoms with Crippen LogP contribution in [0.3, 0.4) is 0 Å². The smallest absolute Gasteiger partial charge is 0.242 e. The molecule has 4 nitrogen and oxygen atoms in total. The van der Waals surface area contributed by atoms with Crippen LogP contribution >= 0.6 is 0 Å². The number of nitrogens with zero attached hydrogens (tertiary/aromatic N) is 1. The highest BCUT2D eigenvalue weighted by Crippen LogP contribution is 2.27. The van der Waals surface area contributed by atoms with E-state index in [0.717, 1.165) is 5.56 Å². The van der Waals surface area contributed by atoms with Crippen LogP contribution in [0.1, 0.15) is 12.5 Å². The molecule has 0 unspecified atom stereocenters. The van der Waals surface area contributed by atoms with Crippen LogP contribution in [0.4, 0.5) is 0 Å². The fourth-order valence-corrected chi connectivity index (χ4v) is 4.04. The number of rotatable bonds is 7. The summed E-state index contributed by atoms with van der Waals surface area (Å²) >= 11 is 0. The molecule has 0 fully saturated rings. The van der Waals surface area contributed by atoms with Gasteiger partial charge in [-0.3, -0.25) is 0 Å². The number of likely N-dealkylation sites (N-methyl/N-ethyl adjacent to an activating group) is 1. The third kappa shape index (κ3) is 3.99. The maximum atomic E-state index is 12.7. The lowest BCUT2D eigenvalue weighted by molar-refractivity contribution is 0.127. The first-order valence-electron chi connectivity index (χ1n) is 7.46. The van der Waals surface area contributed by atoms with Crippen molar-refractivity contribution in [3.63, 3.8) is 0 Å². The summed E-state index contributed by atoms with van der Waals surface area (Å²) in [6.07, 6.45) is 0. The molecule has 2 aromatic carbocycles. The molecule has 2 aromatic rings. The molecule has 1 atom stereocenters. The van der Waals surface area contributed by atoms with E-state index in [-0.39, 0.29) is 0 Å². The second-order valence-electron chi connectivity index (χ2n) is 5.93. The number of ether oxygens (including phenoxy) is 1. The van der Waals surface area contributed by atoms with Crippen molar-refractivity contribution < 1.29 is 13.2 Å². The Kier molecular flexibility index (Phi) is 5.57. The van der Waals surface area contributed by atoms with Crippen LogP contribution in [0.25, 0.3) is 0 Å². The lowest BCUT2D eigenvalue weighted by atomic mass is 9.83. The van der Waals surface area contributed by atoms with Crippen molar-refractivity contribution in [1.29, 1.82) is 0 Å². The molecule has 5 heteroatoms. The fraction of sp³-hybridized carbons (Fsp3) is 0.333. The minimum Gasteiger partial charge on any atom is -0.384 e. The molecule has 0 aliphatic rings. The van der Waals surface area contributed by atoms with Crippen LogP contribution in [0.15, 0.2) is 65.6 Å². The van der Waals surface area contributed by atoms with Crippen molar-refractivity contribution in [3.8, 4) is 0 Å². The van der Waals surface area contributed by atoms with Gasteiger partial charge in [0, 0.05) is 26.1 Å². The summed E-state index contributed by atoms with van der Waals surface area (Å²) < 4.78 is 32.2. The quantitative estimate of drug-likeness (QED) is 0.783. The Morgan fingerprint density at radius 2 is 1.52 bits per heavy atom. The van der Waals surface area contributed by atoms with E-state index in [2.05, 4.69) is 0 Å². The summed E-state index contributed by atoms with van der Waals surface area (Å²) in [5, 5.41) is 0. The second kappa shape index (κ2) is 7.25. The zero-order valence-electron chi connectivity index (χ0n) is 13.8. The standard InChI is InChI=1S/C18H23NO3S/c1-18(15-22-3,16-10-6-4-7-11-16)14-19(2)23(20,21)17-12-8-5-9-13-17/h4-13H,14-15H2,1-3H3/t18-/m0/s1. The third-order valence-electron chi connectivity index (χ3n) is 3.96. The molecule has 0 bridgehead atoms. The van der Waals surface area contributed by atoms with E-state index in [1.807, 2.05) is 37.3 Å². The van der Waals surface area contributed by atoms with E-state index in [0.29, 0.717) is 18.0 Å². The summed E-state index contributed by atoms with van der Waals surface area (Å²) in [4.78, 5) is 0.301. The van der Waals surface area contributed by atoms with Gasteiger partial charge >= 0.3 is 0 Å². The van der Waals surface area contributed by atoms with Crippen LogP contribution in [0.2, 0.25) is 0 Å². The highest BCUT2D eigenvalue weighted by Gasteiger charge is 2.32. The topological polar surface area (TPSA) is 46.6 Å². The molecule has 0 amide bonds. The average molecular weight is 333 g/mol. The molecular formula is C18H23NO3S. The normalized spacial score (nSPS) is 14.6. The predicted octanol–water partition coefficient (Wildman–Crippen LogP) is 2.91. The minimum atomic E-state index is -3.52. The van der Waals surface area contributed by atoms with Crippen LogP contribution in [0.5, 0.6) is 0 Å². The van der Waals surface area contributed by atoms with E-state index in [1.54, 1.807) is 44.5 Å². The van der Waals surface area contributed by atoms with Gasteiger partial charge in [-0.1, -0.05) is 55.5 Å². The molecular weight excluding hydrogens is 310 g/mol. The summed E-state index contributed by atoms with van der Waals surface area (Å²) in [6, 6.07) is 18.3. The highest BCUT2D eigenvalue weighted by molar-refractivity contribution is 7.89. The Labute approximate surface area is 138 Å². The van der Waals surface area contributed by atoms with Crippen molar-refractivity contribution in [2.75, 3.05) is 27.3 Å². The monoisotopic (exact) mass is 333 g/mol. The van der Waals surface area contributed by atoms with Gasteiger partial charge in [0.15, 0.2) is 0 Å². The highest BCUT2D eigenvalue weighted by atomic mass is 32.2. The molecule has 0 saturated carbocycles. The Hall–Kier alpha value is -1.69. The van der Waals surface area contributed by atoms with Gasteiger partial charge in [-0.2, -0.15) is 4.31 Å². The molecule has 124 valence electrons. The molecule has 0 heterocycles. The van der Waals surface area contributed by atoms with Gasteiger partial charge in [-0.05, 0) is 17.7 Å². The summed E-state index contributed by atoms with van der Waals surface area (Å²) in [5.74, 6) is 0. The summed E-state index contributed by atoms with van der Waals surface area (Å²) in [6.45, 7) is 2.79. The van der Waals surface area contributed by atoms with Crippen LogP contribution in [-0.2, 0) is 20.2 Å². The Morgan fingerprint density at radius 1 is 1.00 bits per heavy atom. The molecule has 0 aromatic heterocycles. The molecule has 23 heavy (non-hydrogen) atoms. The molecule has 0 spiro atoms. The molecule has 0 radical (unpaired) electrons. The Morgan fingerprint density at radius 3 is 2.04 bits per heavy atom. The van der Waals surface area contributed by atoms with E-state index in [1.165, 1.54) is 4.31 Å². The zero-order valence-corrected chi connectivity index (χ0v) is 14.6. The van der Waals surface area contributed by atoms with E-state index in [9.17, 15) is 8.42 Å². The largest absolute Gasteiger partial charge is 0.384 e. The van der Waals surface area contributed by atoms with Crippen molar-refractivity contribution in [2.45, 2.75) is 17.2 Å². The first-order chi connectivity index (χ1) is 10.9. The SMILES string of the molecule is COC[C@](C)(CN(C)S(=O)(=O)c1ccccc1)c1ccccc1. The van der Waals surface area contributed by atoms with Gasteiger partial charge in [0.25, 0.3) is 0 Å². The van der Waals surface area contributed by atoms with E-state index < -0.39 is 15.4 Å². The van der Waals surface area contributed by atoms with Gasteiger partial charge in [0.1, 0.15) is 0 Å². The van der Waals surface area contributed by atoms with Crippen LogP contribution in [0, 0.1) is 0 Å². The van der Waals surface area contributed by atoms with Gasteiger partial charge in [-0.25, -0.2) is 8.42 Å². The average Bonchev–Trinajstić information content (AvgIpc) is 2.56. The summed E-state index contributed by atoms with van der Waals surface area (Å²) in [5.41, 5.74) is 0.629. The van der Waals surface area contributed by atoms with Crippen molar-refractivity contribution >= 4 is 10.0 Å². The van der Waals surface area contributed by atoms with E-state index in [4.69, 9.17) is 4.74 Å². The lowest BCUT2D eigenvalue weighted by Crippen LogP contribution is -2.42. The molecule has 0 saturated heterocycles. The Bertz CT molecular complexity index is 716. The van der Waals surface area contributed by atoms with Gasteiger partial charge in [-0.15, -0.1) is 0 Å². The Balaban J connectivity index is 2.30. The van der Waals surface area contributed by atoms with Crippen molar-refractivity contribution in [2.24, 2.45) is 0 Å². The van der Waals surface area contributed by atoms with Crippen molar-refractivity contribution in [1.82, 2.24) is 4.31 Å². The first kappa shape index (κ1) is 17.7. The van der Waals surface area contributed by atoms with Crippen LogP contribution in [-0.4, -0.2) is 40.0 Å². The fourth-order valence-electron chi connectivity index (χ4n) is 2.73. The third-order valence-corrected chi connectivity index (χ3v) is 5.77. The van der Waals surface area contributed by atoms with E-state index >= 15 is 0 Å². The van der Waals surface area contributed by atoms with Gasteiger partial charge < -0.3 is 4.74 Å². The minimum absolute atomic E-state index is 0.301. The molecule has 0 aliphatic heterocycles. The summed E-state index contributed by atoms with van der Waals surface area (Å²) in [7, 11) is -0.279. The van der Waals surface area contributed by atoms with Crippen molar-refractivity contribution in [3.05, 3.63) is 66.2 Å². The molecule has 2 rings (SSSR count). The second-order valence-corrected chi connectivity index (χ2v) is 7.98. The number of benzene rings is 2. The van der Waals surface area contributed by atoms with Gasteiger partial charge in [0.2, 0.25) is 10.0 Å².